The molecule has 1 aromatic carbocycles. The Labute approximate surface area is 155 Å². The van der Waals surface area contributed by atoms with E-state index in [4.69, 9.17) is 4.52 Å². The summed E-state index contributed by atoms with van der Waals surface area (Å²) in [7, 11) is 0. The zero-order valence-electron chi connectivity index (χ0n) is 14.9. The van der Waals surface area contributed by atoms with Gasteiger partial charge in [-0.05, 0) is 50.8 Å². The van der Waals surface area contributed by atoms with E-state index in [2.05, 4.69) is 15.8 Å². The highest BCUT2D eigenvalue weighted by molar-refractivity contribution is 5.92. The minimum atomic E-state index is -0.550. The molecule has 144 valence electrons. The molecule has 0 saturated heterocycles. The molecular formula is C19H21F2N3O3. The molecule has 0 radical (unpaired) electrons. The van der Waals surface area contributed by atoms with E-state index in [0.717, 1.165) is 18.2 Å². The molecule has 0 aliphatic heterocycles. The molecule has 3 rings (SSSR count). The first kappa shape index (κ1) is 19.0. The molecule has 27 heavy (non-hydrogen) atoms. The molecular weight excluding hydrogens is 356 g/mol. The molecule has 6 nitrogen and oxygen atoms in total. The van der Waals surface area contributed by atoms with Crippen LogP contribution in [-0.4, -0.2) is 23.0 Å². The zero-order valence-corrected chi connectivity index (χ0v) is 14.9. The van der Waals surface area contributed by atoms with Crippen molar-refractivity contribution in [2.75, 3.05) is 0 Å². The smallest absolute Gasteiger partial charge is 0.273 e. The van der Waals surface area contributed by atoms with E-state index < -0.39 is 11.6 Å². The van der Waals surface area contributed by atoms with E-state index in [0.29, 0.717) is 31.4 Å². The van der Waals surface area contributed by atoms with Gasteiger partial charge in [-0.1, -0.05) is 5.16 Å². The summed E-state index contributed by atoms with van der Waals surface area (Å²) in [4.78, 5) is 24.4. The van der Waals surface area contributed by atoms with Crippen molar-refractivity contribution >= 4 is 11.8 Å². The Bertz CT molecular complexity index is 829. The van der Waals surface area contributed by atoms with Crippen LogP contribution < -0.4 is 10.6 Å². The molecule has 0 unspecified atom stereocenters. The summed E-state index contributed by atoms with van der Waals surface area (Å²) in [5, 5.41) is 9.24. The number of halogens is 2. The van der Waals surface area contributed by atoms with Crippen molar-refractivity contribution < 1.29 is 22.9 Å². The number of carbonyl (C=O) groups is 2. The van der Waals surface area contributed by atoms with Gasteiger partial charge in [-0.2, -0.15) is 0 Å². The average Bonchev–Trinajstić information content (AvgIpc) is 3.09. The standard InChI is InChI=1S/C19H21F2N3O3/c1-11-8-17(24-27-11)19(26)23-15-5-2-12(3-6-15)18(25)22-10-13-9-14(20)4-7-16(13)21/h4,7-9,12,15H,2-3,5-6,10H2,1H3,(H,22,25)(H,23,26). The summed E-state index contributed by atoms with van der Waals surface area (Å²) in [6, 6.07) is 4.70. The first-order valence-corrected chi connectivity index (χ1v) is 8.88. The van der Waals surface area contributed by atoms with Gasteiger partial charge < -0.3 is 15.2 Å². The molecule has 0 atom stereocenters. The van der Waals surface area contributed by atoms with Crippen LogP contribution in [0.3, 0.4) is 0 Å². The number of nitrogens with zero attached hydrogens (tertiary/aromatic N) is 1. The van der Waals surface area contributed by atoms with E-state index in [9.17, 15) is 18.4 Å². The maximum absolute atomic E-state index is 13.6. The Morgan fingerprint density at radius 3 is 2.59 bits per heavy atom. The molecule has 2 amide bonds. The second kappa shape index (κ2) is 8.28. The summed E-state index contributed by atoms with van der Waals surface area (Å²) < 4.78 is 31.7. The van der Waals surface area contributed by atoms with Crippen LogP contribution in [0.4, 0.5) is 8.78 Å². The number of rotatable bonds is 5. The molecule has 2 N–H and O–H groups in total. The third-order valence-electron chi connectivity index (χ3n) is 4.75. The highest BCUT2D eigenvalue weighted by atomic mass is 19.1. The summed E-state index contributed by atoms with van der Waals surface area (Å²) in [5.74, 6) is -1.21. The van der Waals surface area contributed by atoms with Crippen LogP contribution in [0.2, 0.25) is 0 Å². The van der Waals surface area contributed by atoms with Gasteiger partial charge in [0.2, 0.25) is 5.91 Å². The van der Waals surface area contributed by atoms with E-state index in [1.807, 2.05) is 0 Å². The highest BCUT2D eigenvalue weighted by Gasteiger charge is 2.27. The monoisotopic (exact) mass is 377 g/mol. The van der Waals surface area contributed by atoms with Crippen molar-refractivity contribution in [3.05, 3.63) is 52.9 Å². The van der Waals surface area contributed by atoms with Crippen molar-refractivity contribution in [3.8, 4) is 0 Å². The van der Waals surface area contributed by atoms with Crippen molar-refractivity contribution in [3.63, 3.8) is 0 Å². The molecule has 1 heterocycles. The quantitative estimate of drug-likeness (QED) is 0.839. The molecule has 1 aliphatic carbocycles. The summed E-state index contributed by atoms with van der Waals surface area (Å²) in [5.41, 5.74) is 0.358. The molecule has 1 saturated carbocycles. The number of benzene rings is 1. The fraction of sp³-hybridized carbons (Fsp3) is 0.421. The predicted molar refractivity (Wildman–Crippen MR) is 92.7 cm³/mol. The maximum atomic E-state index is 13.6. The van der Waals surface area contributed by atoms with E-state index >= 15 is 0 Å². The van der Waals surface area contributed by atoms with Gasteiger partial charge in [0, 0.05) is 30.1 Å². The Morgan fingerprint density at radius 2 is 1.93 bits per heavy atom. The van der Waals surface area contributed by atoms with Crippen LogP contribution in [0, 0.1) is 24.5 Å². The SMILES string of the molecule is Cc1cc(C(=O)NC2CCC(C(=O)NCc3cc(F)ccc3F)CC2)no1. The lowest BCUT2D eigenvalue weighted by molar-refractivity contribution is -0.126. The van der Waals surface area contributed by atoms with Crippen LogP contribution in [0.15, 0.2) is 28.8 Å². The molecule has 0 bridgehead atoms. The minimum absolute atomic E-state index is 0.0285. The first-order chi connectivity index (χ1) is 12.9. The number of amides is 2. The molecule has 1 fully saturated rings. The van der Waals surface area contributed by atoms with Crippen LogP contribution in [0.25, 0.3) is 0 Å². The lowest BCUT2D eigenvalue weighted by Crippen LogP contribution is -2.40. The summed E-state index contributed by atoms with van der Waals surface area (Å²) in [6.45, 7) is 1.66. The molecule has 0 spiro atoms. The highest BCUT2D eigenvalue weighted by Crippen LogP contribution is 2.25. The fourth-order valence-corrected chi connectivity index (χ4v) is 3.24. The lowest BCUT2D eigenvalue weighted by Gasteiger charge is -2.28. The number of nitrogens with one attached hydrogen (secondary N) is 2. The summed E-state index contributed by atoms with van der Waals surface area (Å²) >= 11 is 0. The van der Waals surface area contributed by atoms with Gasteiger partial charge >= 0.3 is 0 Å². The Hall–Kier alpha value is -2.77. The first-order valence-electron chi connectivity index (χ1n) is 8.88. The Balaban J connectivity index is 1.45. The van der Waals surface area contributed by atoms with Crippen LogP contribution >= 0.6 is 0 Å². The fourth-order valence-electron chi connectivity index (χ4n) is 3.24. The van der Waals surface area contributed by atoms with E-state index in [1.165, 1.54) is 0 Å². The van der Waals surface area contributed by atoms with Crippen LogP contribution in [0.5, 0.6) is 0 Å². The van der Waals surface area contributed by atoms with Gasteiger partial charge in [0.05, 0.1) is 0 Å². The van der Waals surface area contributed by atoms with Crippen molar-refractivity contribution in [1.29, 1.82) is 0 Å². The van der Waals surface area contributed by atoms with Gasteiger partial charge in [0.1, 0.15) is 17.4 Å². The van der Waals surface area contributed by atoms with Gasteiger partial charge in [-0.15, -0.1) is 0 Å². The topological polar surface area (TPSA) is 84.2 Å². The average molecular weight is 377 g/mol. The lowest BCUT2D eigenvalue weighted by atomic mass is 9.85. The second-order valence-electron chi connectivity index (χ2n) is 6.80. The largest absolute Gasteiger partial charge is 0.361 e. The second-order valence-corrected chi connectivity index (χ2v) is 6.80. The van der Waals surface area contributed by atoms with Crippen molar-refractivity contribution in [2.45, 2.75) is 45.2 Å². The maximum Gasteiger partial charge on any atom is 0.273 e. The van der Waals surface area contributed by atoms with Crippen molar-refractivity contribution in [1.82, 2.24) is 15.8 Å². The predicted octanol–water partition coefficient (Wildman–Crippen LogP) is 2.87. The third kappa shape index (κ3) is 4.90. The van der Waals surface area contributed by atoms with Crippen molar-refractivity contribution in [2.24, 2.45) is 5.92 Å². The number of hydrogen-bond donors (Lipinski definition) is 2. The van der Waals surface area contributed by atoms with Crippen LogP contribution in [-0.2, 0) is 11.3 Å². The normalized spacial score (nSPS) is 19.5. The third-order valence-corrected chi connectivity index (χ3v) is 4.75. The number of aromatic nitrogens is 1. The van der Waals surface area contributed by atoms with E-state index in [-0.39, 0.29) is 41.6 Å². The van der Waals surface area contributed by atoms with E-state index in [1.54, 1.807) is 13.0 Å². The number of aryl methyl sites for hydroxylation is 1. The molecule has 1 aliphatic rings. The Kier molecular flexibility index (Phi) is 5.83. The number of carbonyl (C=O) groups excluding carboxylic acids is 2. The zero-order chi connectivity index (χ0) is 19.4. The van der Waals surface area contributed by atoms with Crippen LogP contribution in [0.1, 0.15) is 47.5 Å². The molecule has 8 heteroatoms. The number of hydrogen-bond acceptors (Lipinski definition) is 4. The molecule has 1 aromatic heterocycles. The minimum Gasteiger partial charge on any atom is -0.361 e. The summed E-state index contributed by atoms with van der Waals surface area (Å²) in [6.07, 6.45) is 2.55. The van der Waals surface area contributed by atoms with Gasteiger partial charge in [0.15, 0.2) is 5.69 Å². The Morgan fingerprint density at radius 1 is 1.19 bits per heavy atom. The molecule has 2 aromatic rings. The van der Waals surface area contributed by atoms with Gasteiger partial charge in [-0.3, -0.25) is 9.59 Å². The van der Waals surface area contributed by atoms with Gasteiger partial charge in [0.25, 0.3) is 5.91 Å². The van der Waals surface area contributed by atoms with Gasteiger partial charge in [-0.25, -0.2) is 8.78 Å².